The van der Waals surface area contributed by atoms with Crippen molar-refractivity contribution in [2.24, 2.45) is 0 Å². The fourth-order valence-electron chi connectivity index (χ4n) is 4.51. The van der Waals surface area contributed by atoms with Crippen LogP contribution in [-0.4, -0.2) is 90.1 Å². The monoisotopic (exact) mass is 506 g/mol. The number of ether oxygens (including phenoxy) is 2. The van der Waals surface area contributed by atoms with Crippen LogP contribution in [0.15, 0.2) is 47.4 Å². The molecule has 0 amide bonds. The molecule has 11 heteroatoms. The number of thiophene rings is 1. The minimum atomic E-state index is 0.583. The van der Waals surface area contributed by atoms with Crippen molar-refractivity contribution in [3.05, 3.63) is 47.4 Å². The zero-order valence-corrected chi connectivity index (χ0v) is 20.9. The van der Waals surface area contributed by atoms with E-state index in [-0.39, 0.29) is 0 Å². The first-order valence-electron chi connectivity index (χ1n) is 12.3. The molecule has 10 nitrogen and oxygen atoms in total. The molecular formula is C25H30N8O2S. The smallest absolute Gasteiger partial charge is 0.226 e. The average Bonchev–Trinajstić information content (AvgIpc) is 3.61. The van der Waals surface area contributed by atoms with E-state index >= 15 is 0 Å². The molecule has 188 valence electrons. The predicted octanol–water partition coefficient (Wildman–Crippen LogP) is 3.20. The number of rotatable bonds is 8. The van der Waals surface area contributed by atoms with Gasteiger partial charge in [0.05, 0.1) is 32.1 Å². The Labute approximate surface area is 213 Å². The van der Waals surface area contributed by atoms with Crippen molar-refractivity contribution in [1.82, 2.24) is 24.4 Å². The Morgan fingerprint density at radius 3 is 2.42 bits per heavy atom. The van der Waals surface area contributed by atoms with E-state index in [0.29, 0.717) is 11.8 Å². The van der Waals surface area contributed by atoms with E-state index in [0.717, 1.165) is 88.2 Å². The maximum absolute atomic E-state index is 5.48. The molecule has 2 aliphatic heterocycles. The van der Waals surface area contributed by atoms with Gasteiger partial charge in [0.2, 0.25) is 5.95 Å². The topological polar surface area (TPSA) is 92.6 Å². The number of hydrogen-bond acceptors (Lipinski definition) is 10. The first-order valence-corrected chi connectivity index (χ1v) is 13.3. The fraction of sp³-hybridized carbons (Fsp3) is 0.400. The molecule has 2 N–H and O–H groups in total. The predicted molar refractivity (Wildman–Crippen MR) is 143 cm³/mol. The number of benzene rings is 1. The Kier molecular flexibility index (Phi) is 6.94. The summed E-state index contributed by atoms with van der Waals surface area (Å²) < 4.78 is 12.9. The number of aromatic nitrogens is 4. The number of imidazole rings is 1. The fourth-order valence-corrected chi connectivity index (χ4v) is 5.14. The molecule has 36 heavy (non-hydrogen) atoms. The van der Waals surface area contributed by atoms with Gasteiger partial charge in [-0.1, -0.05) is 0 Å². The van der Waals surface area contributed by atoms with Crippen molar-refractivity contribution < 1.29 is 9.47 Å². The minimum absolute atomic E-state index is 0.583. The Balaban J connectivity index is 1.25. The molecule has 0 atom stereocenters. The standard InChI is InChI=1S/C25H30N8O2S/c1-3-20(32-10-14-35-15-11-32)4-2-19(1)28-23-22-24(33(18-27-22)21-5-16-36-17-21)30-25(29-23)26-6-7-31-8-12-34-13-9-31/h1-5,16-18H,6-15H2,(H2,26,28,29,30). The molecule has 5 heterocycles. The van der Waals surface area contributed by atoms with Crippen LogP contribution in [0.3, 0.4) is 0 Å². The molecule has 0 spiro atoms. The van der Waals surface area contributed by atoms with Crippen LogP contribution in [0, 0.1) is 0 Å². The number of nitrogens with zero attached hydrogens (tertiary/aromatic N) is 6. The second kappa shape index (κ2) is 10.8. The summed E-state index contributed by atoms with van der Waals surface area (Å²) in [6.07, 6.45) is 1.81. The van der Waals surface area contributed by atoms with Gasteiger partial charge in [-0.3, -0.25) is 9.47 Å². The molecule has 2 saturated heterocycles. The van der Waals surface area contributed by atoms with Crippen molar-refractivity contribution in [1.29, 1.82) is 0 Å². The van der Waals surface area contributed by atoms with E-state index in [1.165, 1.54) is 5.69 Å². The summed E-state index contributed by atoms with van der Waals surface area (Å²) in [5.74, 6) is 1.27. The lowest BCUT2D eigenvalue weighted by Crippen LogP contribution is -2.39. The second-order valence-electron chi connectivity index (χ2n) is 8.82. The van der Waals surface area contributed by atoms with Crippen LogP contribution >= 0.6 is 11.3 Å². The zero-order valence-electron chi connectivity index (χ0n) is 20.1. The van der Waals surface area contributed by atoms with Gasteiger partial charge < -0.3 is 25.0 Å². The highest BCUT2D eigenvalue weighted by atomic mass is 32.1. The van der Waals surface area contributed by atoms with E-state index in [9.17, 15) is 0 Å². The maximum Gasteiger partial charge on any atom is 0.226 e. The SMILES string of the molecule is c1cc(-n2cnc3c(Nc4ccc(N5CCOCC5)cc4)nc(NCCN4CCOCC4)nc32)cs1. The third kappa shape index (κ3) is 5.14. The molecule has 6 rings (SSSR count). The lowest BCUT2D eigenvalue weighted by Gasteiger charge is -2.28. The first-order chi connectivity index (χ1) is 17.8. The van der Waals surface area contributed by atoms with Gasteiger partial charge in [-0.05, 0) is 35.7 Å². The maximum atomic E-state index is 5.48. The van der Waals surface area contributed by atoms with Crippen molar-refractivity contribution in [3.8, 4) is 5.69 Å². The molecule has 2 fully saturated rings. The highest BCUT2D eigenvalue weighted by Gasteiger charge is 2.17. The summed E-state index contributed by atoms with van der Waals surface area (Å²) in [5.41, 5.74) is 4.70. The summed E-state index contributed by atoms with van der Waals surface area (Å²) in [7, 11) is 0. The lowest BCUT2D eigenvalue weighted by molar-refractivity contribution is 0.0398. The van der Waals surface area contributed by atoms with Crippen LogP contribution in [0.2, 0.25) is 0 Å². The number of nitrogens with one attached hydrogen (secondary N) is 2. The van der Waals surface area contributed by atoms with Crippen LogP contribution in [0.25, 0.3) is 16.9 Å². The highest BCUT2D eigenvalue weighted by Crippen LogP contribution is 2.28. The van der Waals surface area contributed by atoms with Gasteiger partial charge in [-0.2, -0.15) is 21.3 Å². The number of fused-ring (bicyclic) bond motifs is 1. The summed E-state index contributed by atoms with van der Waals surface area (Å²) in [6, 6.07) is 10.5. The van der Waals surface area contributed by atoms with Crippen molar-refractivity contribution in [2.75, 3.05) is 81.2 Å². The molecule has 0 aliphatic carbocycles. The normalized spacial score (nSPS) is 16.9. The zero-order chi connectivity index (χ0) is 24.2. The van der Waals surface area contributed by atoms with Gasteiger partial charge in [0, 0.05) is 56.0 Å². The molecule has 0 saturated carbocycles. The van der Waals surface area contributed by atoms with E-state index < -0.39 is 0 Å². The van der Waals surface area contributed by atoms with Gasteiger partial charge in [0.25, 0.3) is 0 Å². The second-order valence-corrected chi connectivity index (χ2v) is 9.60. The van der Waals surface area contributed by atoms with Crippen LogP contribution in [-0.2, 0) is 9.47 Å². The van der Waals surface area contributed by atoms with Gasteiger partial charge >= 0.3 is 0 Å². The van der Waals surface area contributed by atoms with Crippen molar-refractivity contribution in [3.63, 3.8) is 0 Å². The minimum Gasteiger partial charge on any atom is -0.379 e. The van der Waals surface area contributed by atoms with E-state index in [4.69, 9.17) is 19.4 Å². The highest BCUT2D eigenvalue weighted by molar-refractivity contribution is 7.08. The molecule has 3 aromatic heterocycles. The van der Waals surface area contributed by atoms with Gasteiger partial charge in [-0.25, -0.2) is 4.98 Å². The third-order valence-electron chi connectivity index (χ3n) is 6.50. The van der Waals surface area contributed by atoms with Gasteiger partial charge in [-0.15, -0.1) is 0 Å². The first kappa shape index (κ1) is 23.2. The summed E-state index contributed by atoms with van der Waals surface area (Å²) in [6.45, 7) is 8.55. The molecule has 0 bridgehead atoms. The average molecular weight is 507 g/mol. The Morgan fingerprint density at radius 1 is 0.889 bits per heavy atom. The van der Waals surface area contributed by atoms with E-state index in [2.05, 4.69) is 66.5 Å². The molecule has 2 aliphatic rings. The van der Waals surface area contributed by atoms with Gasteiger partial charge in [0.15, 0.2) is 17.0 Å². The molecule has 0 radical (unpaired) electrons. The number of hydrogen-bond donors (Lipinski definition) is 2. The van der Waals surface area contributed by atoms with Crippen molar-refractivity contribution in [2.45, 2.75) is 0 Å². The van der Waals surface area contributed by atoms with Crippen LogP contribution < -0.4 is 15.5 Å². The molecule has 1 aromatic carbocycles. The summed E-state index contributed by atoms with van der Waals surface area (Å²) >= 11 is 1.65. The quantitative estimate of drug-likeness (QED) is 0.374. The molecule has 0 unspecified atom stereocenters. The molecular weight excluding hydrogens is 476 g/mol. The summed E-state index contributed by atoms with van der Waals surface area (Å²) in [5, 5.41) is 11.0. The third-order valence-corrected chi connectivity index (χ3v) is 7.17. The Morgan fingerprint density at radius 2 is 1.67 bits per heavy atom. The Bertz CT molecular complexity index is 1270. The van der Waals surface area contributed by atoms with Crippen LogP contribution in [0.4, 0.5) is 23.1 Å². The summed E-state index contributed by atoms with van der Waals surface area (Å²) in [4.78, 5) is 19.0. The molecule has 4 aromatic rings. The number of morpholine rings is 2. The van der Waals surface area contributed by atoms with E-state index in [1.807, 2.05) is 10.9 Å². The van der Waals surface area contributed by atoms with E-state index in [1.54, 1.807) is 11.3 Å². The van der Waals surface area contributed by atoms with Crippen LogP contribution in [0.1, 0.15) is 0 Å². The number of anilines is 4. The van der Waals surface area contributed by atoms with Crippen molar-refractivity contribution >= 4 is 45.6 Å². The Hall–Kier alpha value is -3.25. The van der Waals surface area contributed by atoms with Crippen LogP contribution in [0.5, 0.6) is 0 Å². The lowest BCUT2D eigenvalue weighted by atomic mass is 10.2. The van der Waals surface area contributed by atoms with Gasteiger partial charge in [0.1, 0.15) is 6.33 Å². The largest absolute Gasteiger partial charge is 0.379 e.